The van der Waals surface area contributed by atoms with E-state index in [1.165, 1.54) is 5.56 Å². The predicted molar refractivity (Wildman–Crippen MR) is 91.0 cm³/mol. The SMILES string of the molecule is CCCc1cc(N(C)Cc2ccccc2Br)n2ncnc2n1. The molecule has 0 aliphatic rings. The van der Waals surface area contributed by atoms with E-state index in [1.54, 1.807) is 10.8 Å². The highest BCUT2D eigenvalue weighted by Gasteiger charge is 2.12. The summed E-state index contributed by atoms with van der Waals surface area (Å²) in [6.07, 6.45) is 3.55. The van der Waals surface area contributed by atoms with Crippen molar-refractivity contribution in [2.24, 2.45) is 0 Å². The summed E-state index contributed by atoms with van der Waals surface area (Å²) in [4.78, 5) is 10.9. The fourth-order valence-electron chi connectivity index (χ4n) is 2.46. The summed E-state index contributed by atoms with van der Waals surface area (Å²) < 4.78 is 2.90. The van der Waals surface area contributed by atoms with Crippen molar-refractivity contribution in [3.8, 4) is 0 Å². The largest absolute Gasteiger partial charge is 0.355 e. The van der Waals surface area contributed by atoms with Gasteiger partial charge in [0, 0.05) is 29.8 Å². The molecule has 0 aliphatic heterocycles. The molecular formula is C16H18BrN5. The van der Waals surface area contributed by atoms with Crippen molar-refractivity contribution in [2.75, 3.05) is 11.9 Å². The first-order chi connectivity index (χ1) is 10.7. The monoisotopic (exact) mass is 359 g/mol. The Hall–Kier alpha value is -1.95. The first kappa shape index (κ1) is 15.0. The molecule has 0 fully saturated rings. The summed E-state index contributed by atoms with van der Waals surface area (Å²) in [7, 11) is 2.06. The van der Waals surface area contributed by atoms with Crippen molar-refractivity contribution in [3.05, 3.63) is 52.4 Å². The molecule has 2 heterocycles. The second-order valence-electron chi connectivity index (χ2n) is 5.27. The van der Waals surface area contributed by atoms with Gasteiger partial charge in [-0.3, -0.25) is 0 Å². The maximum Gasteiger partial charge on any atom is 0.254 e. The van der Waals surface area contributed by atoms with E-state index in [0.717, 1.165) is 35.4 Å². The minimum absolute atomic E-state index is 0.653. The molecule has 5 nitrogen and oxygen atoms in total. The Labute approximate surface area is 138 Å². The van der Waals surface area contributed by atoms with Crippen LogP contribution in [0, 0.1) is 0 Å². The minimum atomic E-state index is 0.653. The molecule has 0 bridgehead atoms. The molecule has 1 aromatic carbocycles. The number of anilines is 1. The van der Waals surface area contributed by atoms with E-state index in [2.05, 4.69) is 68.1 Å². The summed E-state index contributed by atoms with van der Waals surface area (Å²) in [5.74, 6) is 1.65. The second kappa shape index (κ2) is 6.44. The number of benzene rings is 1. The lowest BCUT2D eigenvalue weighted by molar-refractivity contribution is 0.807. The van der Waals surface area contributed by atoms with E-state index in [4.69, 9.17) is 0 Å². The first-order valence-electron chi connectivity index (χ1n) is 7.33. The Bertz CT molecular complexity index is 783. The zero-order chi connectivity index (χ0) is 15.5. The fourth-order valence-corrected chi connectivity index (χ4v) is 2.87. The maximum absolute atomic E-state index is 4.55. The van der Waals surface area contributed by atoms with Crippen molar-refractivity contribution in [1.29, 1.82) is 0 Å². The molecule has 0 N–H and O–H groups in total. The van der Waals surface area contributed by atoms with Gasteiger partial charge < -0.3 is 4.90 Å². The number of rotatable bonds is 5. The third kappa shape index (κ3) is 2.97. The molecule has 0 unspecified atom stereocenters. The van der Waals surface area contributed by atoms with E-state index in [-0.39, 0.29) is 0 Å². The number of hydrogen-bond donors (Lipinski definition) is 0. The lowest BCUT2D eigenvalue weighted by Crippen LogP contribution is -2.20. The molecule has 0 saturated heterocycles. The van der Waals surface area contributed by atoms with Gasteiger partial charge in [-0.15, -0.1) is 0 Å². The number of aromatic nitrogens is 4. The van der Waals surface area contributed by atoms with Crippen molar-refractivity contribution in [3.63, 3.8) is 0 Å². The van der Waals surface area contributed by atoms with Gasteiger partial charge in [0.2, 0.25) is 0 Å². The molecule has 114 valence electrons. The summed E-state index contributed by atoms with van der Waals surface area (Å²) in [6.45, 7) is 2.94. The highest BCUT2D eigenvalue weighted by molar-refractivity contribution is 9.10. The molecule has 6 heteroatoms. The van der Waals surface area contributed by atoms with Gasteiger partial charge in [0.05, 0.1) is 0 Å². The van der Waals surface area contributed by atoms with Crippen LogP contribution in [0.15, 0.2) is 41.1 Å². The fraction of sp³-hybridized carbons (Fsp3) is 0.312. The number of hydrogen-bond acceptors (Lipinski definition) is 4. The van der Waals surface area contributed by atoms with Crippen LogP contribution in [0.25, 0.3) is 5.78 Å². The quantitative estimate of drug-likeness (QED) is 0.699. The van der Waals surface area contributed by atoms with Gasteiger partial charge >= 0.3 is 0 Å². The van der Waals surface area contributed by atoms with Crippen LogP contribution >= 0.6 is 15.9 Å². The van der Waals surface area contributed by atoms with Crippen LogP contribution in [0.3, 0.4) is 0 Å². The third-order valence-corrected chi connectivity index (χ3v) is 4.32. The van der Waals surface area contributed by atoms with Crippen LogP contribution < -0.4 is 4.90 Å². The number of nitrogens with zero attached hydrogens (tertiary/aromatic N) is 5. The molecule has 0 amide bonds. The molecule has 0 spiro atoms. The van der Waals surface area contributed by atoms with E-state index in [1.807, 2.05) is 12.1 Å². The number of halogens is 1. The number of aryl methyl sites for hydroxylation is 1. The first-order valence-corrected chi connectivity index (χ1v) is 8.12. The van der Waals surface area contributed by atoms with E-state index in [9.17, 15) is 0 Å². The molecule has 0 aliphatic carbocycles. The summed E-state index contributed by atoms with van der Waals surface area (Å²) >= 11 is 3.61. The van der Waals surface area contributed by atoms with Gasteiger partial charge in [-0.25, -0.2) is 4.98 Å². The Kier molecular flexibility index (Phi) is 4.38. The van der Waals surface area contributed by atoms with Gasteiger partial charge in [0.1, 0.15) is 12.1 Å². The van der Waals surface area contributed by atoms with E-state index < -0.39 is 0 Å². The Balaban J connectivity index is 1.97. The summed E-state index contributed by atoms with van der Waals surface area (Å²) in [6, 6.07) is 10.3. The Morgan fingerprint density at radius 1 is 1.27 bits per heavy atom. The molecule has 0 saturated carbocycles. The minimum Gasteiger partial charge on any atom is -0.355 e. The maximum atomic E-state index is 4.55. The topological polar surface area (TPSA) is 46.3 Å². The normalized spacial score (nSPS) is 11.0. The molecule has 22 heavy (non-hydrogen) atoms. The van der Waals surface area contributed by atoms with Crippen LogP contribution in [0.1, 0.15) is 24.6 Å². The van der Waals surface area contributed by atoms with Crippen LogP contribution in [-0.4, -0.2) is 26.6 Å². The van der Waals surface area contributed by atoms with Crippen LogP contribution in [0.2, 0.25) is 0 Å². The summed E-state index contributed by atoms with van der Waals surface area (Å²) in [5.41, 5.74) is 2.28. The van der Waals surface area contributed by atoms with E-state index in [0.29, 0.717) is 5.78 Å². The molecule has 2 aromatic heterocycles. The lowest BCUT2D eigenvalue weighted by atomic mass is 10.2. The van der Waals surface area contributed by atoms with Crippen molar-refractivity contribution < 1.29 is 0 Å². The standard InChI is InChI=1S/C16H18BrN5/c1-3-6-13-9-15(22-16(20-13)18-11-19-22)21(2)10-12-7-4-5-8-14(12)17/h4-5,7-9,11H,3,6,10H2,1-2H3. The smallest absolute Gasteiger partial charge is 0.254 e. The average Bonchev–Trinajstić information content (AvgIpc) is 2.97. The van der Waals surface area contributed by atoms with Crippen LogP contribution in [0.4, 0.5) is 5.82 Å². The number of fused-ring (bicyclic) bond motifs is 1. The zero-order valence-corrected chi connectivity index (χ0v) is 14.3. The Morgan fingerprint density at radius 2 is 2.09 bits per heavy atom. The summed E-state index contributed by atoms with van der Waals surface area (Å²) in [5, 5.41) is 4.29. The zero-order valence-electron chi connectivity index (χ0n) is 12.7. The van der Waals surface area contributed by atoms with Crippen molar-refractivity contribution in [2.45, 2.75) is 26.3 Å². The van der Waals surface area contributed by atoms with Gasteiger partial charge in [0.15, 0.2) is 0 Å². The van der Waals surface area contributed by atoms with Gasteiger partial charge in [0.25, 0.3) is 5.78 Å². The molecular weight excluding hydrogens is 342 g/mol. The van der Waals surface area contributed by atoms with Gasteiger partial charge in [-0.05, 0) is 18.1 Å². The van der Waals surface area contributed by atoms with Crippen LogP contribution in [0.5, 0.6) is 0 Å². The van der Waals surface area contributed by atoms with Crippen molar-refractivity contribution in [1.82, 2.24) is 19.6 Å². The third-order valence-electron chi connectivity index (χ3n) is 3.55. The van der Waals surface area contributed by atoms with Crippen molar-refractivity contribution >= 4 is 27.5 Å². The molecule has 0 radical (unpaired) electrons. The van der Waals surface area contributed by atoms with E-state index >= 15 is 0 Å². The highest BCUT2D eigenvalue weighted by Crippen LogP contribution is 2.22. The lowest BCUT2D eigenvalue weighted by Gasteiger charge is -2.21. The molecule has 3 aromatic rings. The average molecular weight is 360 g/mol. The highest BCUT2D eigenvalue weighted by atomic mass is 79.9. The van der Waals surface area contributed by atoms with Gasteiger partial charge in [-0.1, -0.05) is 47.5 Å². The molecule has 0 atom stereocenters. The second-order valence-corrected chi connectivity index (χ2v) is 6.13. The van der Waals surface area contributed by atoms with Crippen LogP contribution in [-0.2, 0) is 13.0 Å². The Morgan fingerprint density at radius 3 is 2.86 bits per heavy atom. The van der Waals surface area contributed by atoms with Gasteiger partial charge in [-0.2, -0.15) is 14.6 Å². The predicted octanol–water partition coefficient (Wildman–Crippen LogP) is 3.48. The molecule has 3 rings (SSSR count).